The molecule has 5 heteroatoms. The molecule has 0 fully saturated rings. The quantitative estimate of drug-likeness (QED) is 0.0300. The molecule has 0 nitrogen and oxygen atoms in total. The predicted octanol–water partition coefficient (Wildman–Crippen LogP) is 32.1. The molecule has 0 aliphatic rings. The molecule has 0 aliphatic carbocycles. The lowest BCUT2D eigenvalue weighted by molar-refractivity contribution is 0.607. The Bertz CT molecular complexity index is 4840. The zero-order valence-electron chi connectivity index (χ0n) is 65.5. The van der Waals surface area contributed by atoms with Crippen molar-refractivity contribution in [3.63, 3.8) is 0 Å². The molecule has 0 bridgehead atoms. The van der Waals surface area contributed by atoms with Crippen LogP contribution in [0.4, 0.5) is 4.39 Å². The number of hydrogen-bond donors (Lipinski definition) is 0. The van der Waals surface area contributed by atoms with Crippen LogP contribution < -0.4 is 0 Å². The third kappa shape index (κ3) is 26.3. The van der Waals surface area contributed by atoms with E-state index in [2.05, 4.69) is 278 Å². The Kier molecular flexibility index (Phi) is 33.7. The third-order valence-corrected chi connectivity index (χ3v) is 24.7. The number of unbranched alkanes of at least 4 members (excludes halogenated alkanes) is 16. The van der Waals surface area contributed by atoms with E-state index >= 15 is 0 Å². The number of rotatable bonds is 31. The molecular formula is C102H115FS4. The first-order valence-electron chi connectivity index (χ1n) is 40.7. The van der Waals surface area contributed by atoms with E-state index < -0.39 is 0 Å². The Labute approximate surface area is 659 Å². The van der Waals surface area contributed by atoms with Gasteiger partial charge in [-0.3, -0.25) is 0 Å². The highest BCUT2D eigenvalue weighted by molar-refractivity contribution is 7.23. The van der Waals surface area contributed by atoms with Gasteiger partial charge in [0.15, 0.2) is 0 Å². The number of halogens is 1. The molecule has 9 aromatic carbocycles. The molecule has 0 amide bonds. The van der Waals surface area contributed by atoms with Crippen LogP contribution in [0, 0.1) is 43.3 Å². The smallest absolute Gasteiger partial charge is 0.141 e. The van der Waals surface area contributed by atoms with E-state index in [-0.39, 0.29) is 5.82 Å². The topological polar surface area (TPSA) is 0 Å². The van der Waals surface area contributed by atoms with Crippen molar-refractivity contribution in [2.24, 2.45) is 0 Å². The normalized spacial score (nSPS) is 11.0. The van der Waals surface area contributed by atoms with Crippen LogP contribution in [0.1, 0.15) is 249 Å². The van der Waals surface area contributed by atoms with Gasteiger partial charge in [0.1, 0.15) is 5.82 Å². The molecule has 13 aromatic rings. The van der Waals surface area contributed by atoms with E-state index in [9.17, 15) is 4.39 Å². The maximum atomic E-state index is 14.1. The molecule has 4 aromatic heterocycles. The summed E-state index contributed by atoms with van der Waals surface area (Å²) in [6, 6.07) is 77.4. The standard InChI is InChI=1S/C32H30S.C28H38S.C21H23FS.C21H24S/c1-3-5-7-25-9-13-27(14-10-25)17-18-29-19-21-30-24-31(33-32(30)23-29)22-20-28-15-11-26(12-16-28)8-6-4-2;1-3-5-7-9-10-12-14-24-17-20-26-22-28(29-27(26)21-24)25-18-15-23(16-19-25)13-11-8-6-4-2;1-3-4-5-6-7-16-8-10-17(11-9-16)20-14-18-12-15(2)13-19(22)21(18)23-20;1-3-4-5-6-7-17-9-12-18(13-10-17)21-15-19-11-8-16(2)14-20(19)22-21/h9-16,19,21,23-24H,3-8H2,1-2H3;15-22H,3-14H2,1-2H3;8-14H,3-7H2,1-2H3;8-15H,3-7H2,1-2H3. The molecular weight excluding hydrogens is 1370 g/mol. The molecule has 0 N–H and O–H groups in total. The van der Waals surface area contributed by atoms with Gasteiger partial charge in [-0.15, -0.1) is 45.3 Å². The fourth-order valence-electron chi connectivity index (χ4n) is 13.7. The highest BCUT2D eigenvalue weighted by atomic mass is 32.1. The largest absolute Gasteiger partial charge is 0.205 e. The Morgan fingerprint density at radius 2 is 0.598 bits per heavy atom. The van der Waals surface area contributed by atoms with Gasteiger partial charge in [0.25, 0.3) is 0 Å². The highest BCUT2D eigenvalue weighted by Crippen LogP contribution is 2.38. The van der Waals surface area contributed by atoms with Crippen LogP contribution in [-0.2, 0) is 38.5 Å². The Balaban J connectivity index is 0.000000154. The minimum atomic E-state index is -0.108. The summed E-state index contributed by atoms with van der Waals surface area (Å²) in [5.41, 5.74) is 18.0. The summed E-state index contributed by atoms with van der Waals surface area (Å²) in [5.74, 6) is 13.2. The summed E-state index contributed by atoms with van der Waals surface area (Å²) in [4.78, 5) is 5.00. The Morgan fingerprint density at radius 3 is 1.09 bits per heavy atom. The monoisotopic (exact) mass is 1490 g/mol. The number of hydrogen-bond acceptors (Lipinski definition) is 4. The summed E-state index contributed by atoms with van der Waals surface area (Å²) in [5, 5.41) is 4.98. The average Bonchev–Trinajstić information content (AvgIpc) is 1.67. The fraction of sp³-hybridized carbons (Fsp3) is 0.353. The van der Waals surface area contributed by atoms with Crippen LogP contribution >= 0.6 is 45.3 Å². The third-order valence-electron chi connectivity index (χ3n) is 20.2. The first-order chi connectivity index (χ1) is 52.5. The second kappa shape index (κ2) is 44.4. The summed E-state index contributed by atoms with van der Waals surface area (Å²) >= 11 is 7.12. The van der Waals surface area contributed by atoms with E-state index in [1.807, 2.05) is 29.6 Å². The molecule has 0 radical (unpaired) electrons. The molecule has 107 heavy (non-hydrogen) atoms. The van der Waals surface area contributed by atoms with Gasteiger partial charge in [-0.1, -0.05) is 301 Å². The highest BCUT2D eigenvalue weighted by Gasteiger charge is 2.12. The number of thiophene rings is 4. The maximum Gasteiger partial charge on any atom is 0.141 e. The van der Waals surface area contributed by atoms with Crippen molar-refractivity contribution in [3.8, 4) is 55.0 Å². The first-order valence-corrected chi connectivity index (χ1v) is 44.0. The van der Waals surface area contributed by atoms with E-state index in [1.54, 1.807) is 28.7 Å². The zero-order valence-corrected chi connectivity index (χ0v) is 68.8. The van der Waals surface area contributed by atoms with Crippen LogP contribution in [-0.4, -0.2) is 0 Å². The van der Waals surface area contributed by atoms with Gasteiger partial charge < -0.3 is 0 Å². The summed E-state index contributed by atoms with van der Waals surface area (Å²) in [6.45, 7) is 17.6. The molecule has 0 atom stereocenters. The SMILES string of the molecule is CCCCCCCCc1ccc2cc(-c3ccc(CCCCCC)cc3)sc2c1.CCCCCCc1ccc(-c2cc3cc(C)cc(F)c3s2)cc1.CCCCCCc1ccc(-c2cc3ccc(C)cc3s2)cc1.CCCCc1ccc(C#Cc2ccc3cc(C#Cc4ccc(CCCC)cc4)sc3c2)cc1. The van der Waals surface area contributed by atoms with Crippen molar-refractivity contribution in [3.05, 3.63) is 284 Å². The van der Waals surface area contributed by atoms with Crippen molar-refractivity contribution in [2.75, 3.05) is 0 Å². The molecule has 0 saturated carbocycles. The van der Waals surface area contributed by atoms with E-state index in [0.29, 0.717) is 0 Å². The van der Waals surface area contributed by atoms with E-state index in [0.717, 1.165) is 61.4 Å². The van der Waals surface area contributed by atoms with Crippen molar-refractivity contribution in [1.82, 2.24) is 0 Å². The minimum Gasteiger partial charge on any atom is -0.205 e. The number of aryl methyl sites for hydroxylation is 8. The lowest BCUT2D eigenvalue weighted by atomic mass is 10.0. The van der Waals surface area contributed by atoms with Crippen LogP contribution in [0.25, 0.3) is 71.7 Å². The second-order valence-electron chi connectivity index (χ2n) is 29.4. The van der Waals surface area contributed by atoms with Gasteiger partial charge in [-0.25, -0.2) is 4.39 Å². The van der Waals surface area contributed by atoms with E-state index in [1.165, 1.54) is 256 Å². The van der Waals surface area contributed by atoms with Crippen molar-refractivity contribution < 1.29 is 4.39 Å². The van der Waals surface area contributed by atoms with Gasteiger partial charge in [-0.2, -0.15) is 0 Å². The first kappa shape index (κ1) is 81.4. The van der Waals surface area contributed by atoms with Crippen LogP contribution in [0.15, 0.2) is 212 Å². The summed E-state index contributed by atoms with van der Waals surface area (Å²) in [6.07, 6.45) is 36.1. The lowest BCUT2D eigenvalue weighted by Gasteiger charge is -2.03. The van der Waals surface area contributed by atoms with Gasteiger partial charge in [-0.05, 0) is 253 Å². The molecule has 0 saturated heterocycles. The van der Waals surface area contributed by atoms with Gasteiger partial charge in [0, 0.05) is 45.4 Å². The lowest BCUT2D eigenvalue weighted by Crippen LogP contribution is -1.85. The summed E-state index contributed by atoms with van der Waals surface area (Å²) < 4.78 is 18.9. The minimum absolute atomic E-state index is 0.108. The molecule has 554 valence electrons. The van der Waals surface area contributed by atoms with Crippen LogP contribution in [0.5, 0.6) is 0 Å². The van der Waals surface area contributed by atoms with Gasteiger partial charge in [0.05, 0.1) is 9.58 Å². The predicted molar refractivity (Wildman–Crippen MR) is 476 cm³/mol. The Morgan fingerprint density at radius 1 is 0.252 bits per heavy atom. The zero-order chi connectivity index (χ0) is 74.8. The molecule has 0 spiro atoms. The fourth-order valence-corrected chi connectivity index (χ4v) is 18.0. The van der Waals surface area contributed by atoms with Crippen molar-refractivity contribution in [1.29, 1.82) is 0 Å². The van der Waals surface area contributed by atoms with Crippen LogP contribution in [0.3, 0.4) is 0 Å². The van der Waals surface area contributed by atoms with Crippen molar-refractivity contribution in [2.45, 2.75) is 235 Å². The summed E-state index contributed by atoms with van der Waals surface area (Å²) in [7, 11) is 0. The van der Waals surface area contributed by atoms with E-state index in [4.69, 9.17) is 0 Å². The second-order valence-corrected chi connectivity index (χ2v) is 33.7. The molecule has 0 unspecified atom stereocenters. The van der Waals surface area contributed by atoms with Crippen LogP contribution in [0.2, 0.25) is 0 Å². The molecule has 0 aliphatic heterocycles. The van der Waals surface area contributed by atoms with Gasteiger partial charge in [0.2, 0.25) is 0 Å². The van der Waals surface area contributed by atoms with Crippen molar-refractivity contribution >= 4 is 85.7 Å². The van der Waals surface area contributed by atoms with Gasteiger partial charge >= 0.3 is 0 Å². The maximum absolute atomic E-state index is 14.1. The number of fused-ring (bicyclic) bond motifs is 4. The molecule has 13 rings (SSSR count). The molecule has 4 heterocycles. The number of benzene rings is 9. The average molecular weight is 1490 g/mol. The Hall–Kier alpha value is -8.13.